The molecule has 0 heterocycles. The van der Waals surface area contributed by atoms with Gasteiger partial charge in [0.2, 0.25) is 0 Å². The highest BCUT2D eigenvalue weighted by atomic mass is 16.6. The summed E-state index contributed by atoms with van der Waals surface area (Å²) in [6.07, 6.45) is 27.2. The molecule has 0 saturated carbocycles. The number of carbonyl (C=O) groups is 4. The molecule has 0 amide bonds. The van der Waals surface area contributed by atoms with Crippen LogP contribution in [0.1, 0.15) is 155 Å². The number of carboxylic acid groups (broad SMARTS) is 2. The van der Waals surface area contributed by atoms with E-state index in [1.807, 2.05) is 0 Å². The number of esters is 2. The number of hydrogen-bond acceptors (Lipinski definition) is 11. The molecule has 2 N–H and O–H groups in total. The number of carbonyl (C=O) groups excluding carboxylic acids is 2. The number of carboxylic acids is 2. The van der Waals surface area contributed by atoms with E-state index in [-0.39, 0.29) is 46.1 Å². The molecular formula is C50H80N2O11. The van der Waals surface area contributed by atoms with Crippen LogP contribution in [0.25, 0.3) is 0 Å². The summed E-state index contributed by atoms with van der Waals surface area (Å²) in [5.41, 5.74) is 0.803. The largest absolute Gasteiger partial charge is 0.488 e. The Hall–Kier alpha value is -4.52. The molecule has 0 bridgehead atoms. The minimum Gasteiger partial charge on any atom is -0.488 e. The third-order valence-electron chi connectivity index (χ3n) is 10.7. The maximum Gasteiger partial charge on any atom is 0.325 e. The van der Waals surface area contributed by atoms with E-state index in [4.69, 9.17) is 23.7 Å². The molecule has 2 aromatic rings. The van der Waals surface area contributed by atoms with Crippen molar-refractivity contribution in [2.45, 2.75) is 155 Å². The Labute approximate surface area is 378 Å². The molecule has 0 spiro atoms. The first kappa shape index (κ1) is 54.6. The van der Waals surface area contributed by atoms with Crippen LogP contribution in [0.15, 0.2) is 48.5 Å². The summed E-state index contributed by atoms with van der Waals surface area (Å²) in [6, 6.07) is 13.6. The molecule has 0 radical (unpaired) electrons. The second-order valence-electron chi connectivity index (χ2n) is 16.3. The molecule has 0 aliphatic carbocycles. The van der Waals surface area contributed by atoms with E-state index in [9.17, 15) is 29.4 Å². The Balaban J connectivity index is 1.73. The Morgan fingerprint density at radius 2 is 0.762 bits per heavy atom. The number of nitrogens with zero attached hydrogens (tertiary/aromatic N) is 2. The van der Waals surface area contributed by atoms with Crippen LogP contribution in [0.3, 0.4) is 0 Å². The van der Waals surface area contributed by atoms with Crippen LogP contribution >= 0.6 is 0 Å². The van der Waals surface area contributed by atoms with E-state index in [0.29, 0.717) is 29.5 Å². The monoisotopic (exact) mass is 885 g/mol. The predicted molar refractivity (Wildman–Crippen MR) is 249 cm³/mol. The number of aliphatic carboxylic acids is 2. The van der Waals surface area contributed by atoms with Crippen LogP contribution in [-0.4, -0.2) is 99.9 Å². The summed E-state index contributed by atoms with van der Waals surface area (Å²) < 4.78 is 28.5. The second-order valence-corrected chi connectivity index (χ2v) is 16.3. The highest BCUT2D eigenvalue weighted by Crippen LogP contribution is 2.30. The number of para-hydroxylation sites is 4. The van der Waals surface area contributed by atoms with E-state index in [1.54, 1.807) is 48.5 Å². The van der Waals surface area contributed by atoms with Gasteiger partial charge in [0, 0.05) is 6.61 Å². The first-order valence-corrected chi connectivity index (χ1v) is 24.0. The molecule has 0 saturated heterocycles. The molecule has 0 aromatic heterocycles. The quantitative estimate of drug-likeness (QED) is 0.0479. The number of ether oxygens (including phenoxy) is 5. The highest BCUT2D eigenvalue weighted by molar-refractivity contribution is 5.82. The molecule has 0 aliphatic heterocycles. The fraction of sp³-hybridized carbons (Fsp3) is 0.680. The Bertz CT molecular complexity index is 1510. The average Bonchev–Trinajstić information content (AvgIpc) is 3.26. The van der Waals surface area contributed by atoms with Gasteiger partial charge in [0.15, 0.2) is 0 Å². The van der Waals surface area contributed by atoms with Gasteiger partial charge in [-0.25, -0.2) is 0 Å². The first-order valence-electron chi connectivity index (χ1n) is 24.0. The Morgan fingerprint density at radius 1 is 0.413 bits per heavy atom. The normalized spacial score (nSPS) is 11.0. The number of anilines is 2. The van der Waals surface area contributed by atoms with Gasteiger partial charge in [-0.2, -0.15) is 0 Å². The summed E-state index contributed by atoms with van der Waals surface area (Å²) in [7, 11) is 0. The van der Waals surface area contributed by atoms with Crippen molar-refractivity contribution in [3.63, 3.8) is 0 Å². The lowest BCUT2D eigenvalue weighted by Gasteiger charge is -2.25. The molecular weight excluding hydrogens is 805 g/mol. The van der Waals surface area contributed by atoms with Crippen molar-refractivity contribution in [1.82, 2.24) is 0 Å². The number of rotatable bonds is 42. The van der Waals surface area contributed by atoms with Gasteiger partial charge >= 0.3 is 23.9 Å². The molecule has 2 rings (SSSR count). The molecule has 13 heteroatoms. The van der Waals surface area contributed by atoms with Crippen molar-refractivity contribution < 1.29 is 53.1 Å². The topological polar surface area (TPSA) is 161 Å². The van der Waals surface area contributed by atoms with Gasteiger partial charge in [-0.1, -0.05) is 167 Å². The lowest BCUT2D eigenvalue weighted by Crippen LogP contribution is -2.36. The first-order chi connectivity index (χ1) is 30.7. The van der Waals surface area contributed by atoms with Gasteiger partial charge in [-0.15, -0.1) is 0 Å². The predicted octanol–water partition coefficient (Wildman–Crippen LogP) is 10.7. The van der Waals surface area contributed by atoms with Crippen LogP contribution < -0.4 is 19.3 Å². The highest BCUT2D eigenvalue weighted by Gasteiger charge is 2.21. The standard InChI is InChI=1S/C50H80N2O11/c1-3-5-7-9-11-12-13-14-15-16-17-18-19-20-21-27-33-59-35-36-63-50(58)42-52(40-48(55)56)44-30-24-26-32-46(44)61-38-37-60-45-31-25-23-29-43(45)51(39-47(53)54)41-49(57)62-34-28-22-10-8-6-4-2/h23-26,29-32H,3-22,27-28,33-42H2,1-2H3,(H,53,54)(H,55,56). The maximum atomic E-state index is 12.8. The van der Waals surface area contributed by atoms with Crippen LogP contribution in [0, 0.1) is 0 Å². The summed E-state index contributed by atoms with van der Waals surface area (Å²) >= 11 is 0. The number of benzene rings is 2. The molecule has 13 nitrogen and oxygen atoms in total. The van der Waals surface area contributed by atoms with Gasteiger partial charge in [0.05, 0.1) is 24.6 Å². The average molecular weight is 885 g/mol. The van der Waals surface area contributed by atoms with Crippen molar-refractivity contribution in [3.05, 3.63) is 48.5 Å². The van der Waals surface area contributed by atoms with E-state index in [1.165, 1.54) is 106 Å². The van der Waals surface area contributed by atoms with E-state index < -0.39 is 37.0 Å². The molecule has 0 unspecified atom stereocenters. The van der Waals surface area contributed by atoms with Crippen LogP contribution in [0.4, 0.5) is 11.4 Å². The molecule has 0 aliphatic rings. The van der Waals surface area contributed by atoms with E-state index >= 15 is 0 Å². The molecule has 0 atom stereocenters. The zero-order valence-electron chi connectivity index (χ0n) is 38.7. The van der Waals surface area contributed by atoms with Crippen LogP contribution in [0.2, 0.25) is 0 Å². The van der Waals surface area contributed by atoms with Crippen molar-refractivity contribution >= 4 is 35.3 Å². The maximum absolute atomic E-state index is 12.8. The minimum atomic E-state index is -1.13. The summed E-state index contributed by atoms with van der Waals surface area (Å²) in [5.74, 6) is -2.67. The Morgan fingerprint density at radius 3 is 1.16 bits per heavy atom. The fourth-order valence-electron chi connectivity index (χ4n) is 7.30. The van der Waals surface area contributed by atoms with Gasteiger partial charge in [0.25, 0.3) is 0 Å². The third-order valence-corrected chi connectivity index (χ3v) is 10.7. The van der Waals surface area contributed by atoms with Crippen LogP contribution in [-0.2, 0) is 33.4 Å². The fourth-order valence-corrected chi connectivity index (χ4v) is 7.30. The van der Waals surface area contributed by atoms with Crippen molar-refractivity contribution in [2.75, 3.05) is 75.6 Å². The van der Waals surface area contributed by atoms with E-state index in [0.717, 1.165) is 44.9 Å². The number of unbranched alkanes of at least 4 members (excludes halogenated alkanes) is 20. The molecule has 63 heavy (non-hydrogen) atoms. The minimum absolute atomic E-state index is 0.0344. The molecule has 356 valence electrons. The smallest absolute Gasteiger partial charge is 0.325 e. The van der Waals surface area contributed by atoms with Crippen molar-refractivity contribution in [2.24, 2.45) is 0 Å². The molecule has 2 aromatic carbocycles. The van der Waals surface area contributed by atoms with Gasteiger partial charge in [0.1, 0.15) is 57.5 Å². The summed E-state index contributed by atoms with van der Waals surface area (Å²) in [4.78, 5) is 51.9. The van der Waals surface area contributed by atoms with Crippen LogP contribution in [0.5, 0.6) is 11.5 Å². The zero-order chi connectivity index (χ0) is 45.6. The third kappa shape index (κ3) is 28.0. The Kier molecular flexibility index (Phi) is 32.0. The zero-order valence-corrected chi connectivity index (χ0v) is 38.7. The lowest BCUT2D eigenvalue weighted by atomic mass is 10.0. The van der Waals surface area contributed by atoms with Crippen molar-refractivity contribution in [1.29, 1.82) is 0 Å². The summed E-state index contributed by atoms with van der Waals surface area (Å²) in [5, 5.41) is 19.3. The van der Waals surface area contributed by atoms with Crippen molar-refractivity contribution in [3.8, 4) is 11.5 Å². The second kappa shape index (κ2) is 36.9. The lowest BCUT2D eigenvalue weighted by molar-refractivity contribution is -0.144. The number of hydrogen-bond donors (Lipinski definition) is 2. The van der Waals surface area contributed by atoms with Gasteiger partial charge in [-0.05, 0) is 37.1 Å². The van der Waals surface area contributed by atoms with Gasteiger partial charge in [-0.3, -0.25) is 19.2 Å². The van der Waals surface area contributed by atoms with Gasteiger partial charge < -0.3 is 43.7 Å². The summed E-state index contributed by atoms with van der Waals surface area (Å²) in [6.45, 7) is 4.24. The SMILES string of the molecule is CCCCCCCCCCCCCCCCCCOCCOC(=O)CN(CC(=O)O)c1ccccc1OCCOc1ccccc1N(CC(=O)O)CC(=O)OCCCCCCCC. The molecule has 0 fully saturated rings. The van der Waals surface area contributed by atoms with E-state index in [2.05, 4.69) is 13.8 Å².